The van der Waals surface area contributed by atoms with E-state index in [4.69, 9.17) is 0 Å². The molecule has 1 aromatic carbocycles. The summed E-state index contributed by atoms with van der Waals surface area (Å²) in [5, 5.41) is 2.55. The molecule has 6 nitrogen and oxygen atoms in total. The van der Waals surface area contributed by atoms with Crippen LogP contribution in [-0.2, 0) is 23.9 Å². The molecule has 0 saturated carbocycles. The number of benzene rings is 1. The average molecular weight is 341 g/mol. The highest BCUT2D eigenvalue weighted by molar-refractivity contribution is 5.75. The Morgan fingerprint density at radius 1 is 1.12 bits per heavy atom. The summed E-state index contributed by atoms with van der Waals surface area (Å²) in [5.74, 6) is -0.448. The monoisotopic (exact) mass is 341 g/mol. The van der Waals surface area contributed by atoms with Crippen molar-refractivity contribution in [3.63, 3.8) is 0 Å². The number of carbonyl (C=O) groups is 1. The molecule has 0 aliphatic carbocycles. The van der Waals surface area contributed by atoms with Gasteiger partial charge in [-0.05, 0) is 24.1 Å². The molecule has 0 atom stereocenters. The Labute approximate surface area is 133 Å². The van der Waals surface area contributed by atoms with Gasteiger partial charge in [0, 0.05) is 18.8 Å². The fourth-order valence-corrected chi connectivity index (χ4v) is 1.99. The summed E-state index contributed by atoms with van der Waals surface area (Å²) >= 11 is 0. The third-order valence-electron chi connectivity index (χ3n) is 3.23. The number of alkyl halides is 3. The van der Waals surface area contributed by atoms with Crippen LogP contribution in [0.2, 0.25) is 0 Å². The highest BCUT2D eigenvalue weighted by atomic mass is 19.4. The molecule has 2 aromatic rings. The third kappa shape index (κ3) is 4.83. The fraction of sp³-hybridized carbons (Fsp3) is 0.267. The predicted molar refractivity (Wildman–Crippen MR) is 79.5 cm³/mol. The maximum Gasteiger partial charge on any atom is 0.416 e. The summed E-state index contributed by atoms with van der Waals surface area (Å²) in [6.07, 6.45) is -2.82. The van der Waals surface area contributed by atoms with E-state index in [-0.39, 0.29) is 13.1 Å². The Hall–Kier alpha value is -2.84. The molecule has 0 radical (unpaired) electrons. The van der Waals surface area contributed by atoms with Gasteiger partial charge in [-0.1, -0.05) is 12.1 Å². The second-order valence-corrected chi connectivity index (χ2v) is 5.03. The van der Waals surface area contributed by atoms with Crippen molar-refractivity contribution in [1.29, 1.82) is 0 Å². The number of aromatic nitrogens is 2. The first-order chi connectivity index (χ1) is 11.3. The first-order valence-electron chi connectivity index (χ1n) is 6.98. The van der Waals surface area contributed by atoms with Crippen LogP contribution in [0.5, 0.6) is 0 Å². The molecule has 2 N–H and O–H groups in total. The van der Waals surface area contributed by atoms with Gasteiger partial charge in [-0.3, -0.25) is 19.1 Å². The Bertz CT molecular complexity index is 823. The lowest BCUT2D eigenvalue weighted by Crippen LogP contribution is -2.36. The minimum Gasteiger partial charge on any atom is -0.354 e. The zero-order chi connectivity index (χ0) is 17.7. The van der Waals surface area contributed by atoms with Crippen LogP contribution in [-0.4, -0.2) is 22.0 Å². The molecule has 0 unspecified atom stereocenters. The van der Waals surface area contributed by atoms with Crippen molar-refractivity contribution in [2.45, 2.75) is 19.1 Å². The van der Waals surface area contributed by atoms with Crippen LogP contribution in [0.1, 0.15) is 11.1 Å². The van der Waals surface area contributed by atoms with Crippen molar-refractivity contribution in [3.05, 3.63) is 68.5 Å². The minimum atomic E-state index is -4.38. The van der Waals surface area contributed by atoms with Crippen molar-refractivity contribution in [2.75, 3.05) is 6.54 Å². The molecule has 0 aliphatic rings. The average Bonchev–Trinajstić information content (AvgIpc) is 2.50. The Morgan fingerprint density at radius 2 is 1.79 bits per heavy atom. The van der Waals surface area contributed by atoms with Gasteiger partial charge < -0.3 is 5.32 Å². The number of hydrogen-bond acceptors (Lipinski definition) is 3. The third-order valence-corrected chi connectivity index (χ3v) is 3.23. The largest absolute Gasteiger partial charge is 0.416 e. The maximum absolute atomic E-state index is 12.4. The lowest BCUT2D eigenvalue weighted by molar-refractivity contribution is -0.137. The normalized spacial score (nSPS) is 11.3. The number of H-pyrrole nitrogens is 1. The number of aromatic amines is 1. The van der Waals surface area contributed by atoms with Crippen LogP contribution in [0.15, 0.2) is 46.1 Å². The molecule has 0 spiro atoms. The van der Waals surface area contributed by atoms with Gasteiger partial charge in [0.05, 0.1) is 5.56 Å². The molecule has 1 aromatic heterocycles. The van der Waals surface area contributed by atoms with Gasteiger partial charge in [-0.2, -0.15) is 13.2 Å². The molecule has 24 heavy (non-hydrogen) atoms. The lowest BCUT2D eigenvalue weighted by Gasteiger charge is -2.09. The molecule has 9 heteroatoms. The maximum atomic E-state index is 12.4. The van der Waals surface area contributed by atoms with E-state index >= 15 is 0 Å². The zero-order valence-corrected chi connectivity index (χ0v) is 12.4. The van der Waals surface area contributed by atoms with Gasteiger partial charge >= 0.3 is 11.9 Å². The quantitative estimate of drug-likeness (QED) is 0.848. The van der Waals surface area contributed by atoms with Crippen molar-refractivity contribution < 1.29 is 18.0 Å². The van der Waals surface area contributed by atoms with Crippen LogP contribution in [0.4, 0.5) is 13.2 Å². The number of carbonyl (C=O) groups excluding carboxylic acids is 1. The van der Waals surface area contributed by atoms with Crippen LogP contribution < -0.4 is 16.6 Å². The van der Waals surface area contributed by atoms with E-state index < -0.39 is 28.9 Å². The van der Waals surface area contributed by atoms with Crippen molar-refractivity contribution in [2.24, 2.45) is 0 Å². The highest BCUT2D eigenvalue weighted by Gasteiger charge is 2.29. The second kappa shape index (κ2) is 7.16. The Morgan fingerprint density at radius 3 is 2.38 bits per heavy atom. The standard InChI is InChI=1S/C15H14F3N3O3/c16-15(17,18)11-3-1-10(2-4-11)5-7-19-13(23)9-21-8-6-12(22)20-14(21)24/h1-4,6,8H,5,7,9H2,(H,19,23)(H,20,22,24). The smallest absolute Gasteiger partial charge is 0.354 e. The van der Waals surface area contributed by atoms with E-state index in [9.17, 15) is 27.6 Å². The molecular weight excluding hydrogens is 327 g/mol. The van der Waals surface area contributed by atoms with E-state index in [0.29, 0.717) is 12.0 Å². The van der Waals surface area contributed by atoms with Crippen molar-refractivity contribution >= 4 is 5.91 Å². The van der Waals surface area contributed by atoms with Crippen LogP contribution in [0.25, 0.3) is 0 Å². The SMILES string of the molecule is O=C(Cn1ccc(=O)[nH]c1=O)NCCc1ccc(C(F)(F)F)cc1. The van der Waals surface area contributed by atoms with Crippen molar-refractivity contribution in [1.82, 2.24) is 14.9 Å². The van der Waals surface area contributed by atoms with E-state index in [1.807, 2.05) is 4.98 Å². The number of amides is 1. The lowest BCUT2D eigenvalue weighted by atomic mass is 10.1. The van der Waals surface area contributed by atoms with E-state index in [1.54, 1.807) is 0 Å². The zero-order valence-electron chi connectivity index (χ0n) is 12.4. The van der Waals surface area contributed by atoms with E-state index in [1.165, 1.54) is 18.3 Å². The van der Waals surface area contributed by atoms with Gasteiger partial charge in [0.1, 0.15) is 6.54 Å². The number of nitrogens with zero attached hydrogens (tertiary/aromatic N) is 1. The molecule has 1 heterocycles. The van der Waals surface area contributed by atoms with Crippen LogP contribution >= 0.6 is 0 Å². The number of nitrogens with one attached hydrogen (secondary N) is 2. The molecule has 1 amide bonds. The van der Waals surface area contributed by atoms with E-state index in [2.05, 4.69) is 5.32 Å². The highest BCUT2D eigenvalue weighted by Crippen LogP contribution is 2.29. The number of rotatable bonds is 5. The molecule has 0 aliphatic heterocycles. The first kappa shape index (κ1) is 17.5. The van der Waals surface area contributed by atoms with E-state index in [0.717, 1.165) is 22.8 Å². The van der Waals surface area contributed by atoms with Gasteiger partial charge in [0.2, 0.25) is 5.91 Å². The summed E-state index contributed by atoms with van der Waals surface area (Å²) < 4.78 is 38.3. The molecule has 0 bridgehead atoms. The fourth-order valence-electron chi connectivity index (χ4n) is 1.99. The summed E-state index contributed by atoms with van der Waals surface area (Å²) in [4.78, 5) is 36.1. The number of hydrogen-bond donors (Lipinski definition) is 2. The Kier molecular flexibility index (Phi) is 5.22. The molecule has 2 rings (SSSR count). The minimum absolute atomic E-state index is 0.211. The van der Waals surface area contributed by atoms with Gasteiger partial charge in [-0.25, -0.2) is 4.79 Å². The summed E-state index contributed by atoms with van der Waals surface area (Å²) in [7, 11) is 0. The second-order valence-electron chi connectivity index (χ2n) is 5.03. The molecule has 0 fully saturated rings. The van der Waals surface area contributed by atoms with Crippen molar-refractivity contribution in [3.8, 4) is 0 Å². The molecular formula is C15H14F3N3O3. The van der Waals surface area contributed by atoms with Gasteiger partial charge in [0.15, 0.2) is 0 Å². The van der Waals surface area contributed by atoms with Crippen LogP contribution in [0.3, 0.4) is 0 Å². The molecule has 128 valence electrons. The predicted octanol–water partition coefficient (Wildman–Crippen LogP) is 0.914. The van der Waals surface area contributed by atoms with Gasteiger partial charge in [-0.15, -0.1) is 0 Å². The summed E-state index contributed by atoms with van der Waals surface area (Å²) in [6, 6.07) is 5.79. The first-order valence-corrected chi connectivity index (χ1v) is 6.98. The summed E-state index contributed by atoms with van der Waals surface area (Å²) in [6.45, 7) is -0.0507. The summed E-state index contributed by atoms with van der Waals surface area (Å²) in [5.41, 5.74) is -1.34. The Balaban J connectivity index is 1.84. The number of halogens is 3. The van der Waals surface area contributed by atoms with Crippen LogP contribution in [0, 0.1) is 0 Å². The topological polar surface area (TPSA) is 84.0 Å². The van der Waals surface area contributed by atoms with Gasteiger partial charge in [0.25, 0.3) is 5.56 Å². The molecule has 0 saturated heterocycles.